The Morgan fingerprint density at radius 2 is 1.59 bits per heavy atom. The lowest BCUT2D eigenvalue weighted by Crippen LogP contribution is -2.33. The van der Waals surface area contributed by atoms with Crippen LogP contribution in [0.5, 0.6) is 0 Å². The zero-order valence-corrected chi connectivity index (χ0v) is 21.5. The molecule has 0 saturated heterocycles. The summed E-state index contributed by atoms with van der Waals surface area (Å²) < 4.78 is 57.7. The van der Waals surface area contributed by atoms with E-state index in [4.69, 9.17) is 0 Å². The second kappa shape index (κ2) is 11.5. The van der Waals surface area contributed by atoms with E-state index in [0.29, 0.717) is 16.5 Å². The number of anilines is 2. The van der Waals surface area contributed by atoms with Crippen LogP contribution in [0.2, 0.25) is 0 Å². The molecule has 0 unspecified atom stereocenters. The number of para-hydroxylation sites is 1. The summed E-state index contributed by atoms with van der Waals surface area (Å²) in [7, 11) is 0. The normalized spacial score (nSPS) is 11.0. The third kappa shape index (κ3) is 5.86. The zero-order valence-electron chi connectivity index (χ0n) is 21.5. The third-order valence-electron chi connectivity index (χ3n) is 6.13. The van der Waals surface area contributed by atoms with Crippen LogP contribution in [0.4, 0.5) is 34.0 Å². The van der Waals surface area contributed by atoms with Gasteiger partial charge in [-0.05, 0) is 67.1 Å². The van der Waals surface area contributed by atoms with Crippen molar-refractivity contribution >= 4 is 28.7 Å². The maximum atomic E-state index is 14.8. The van der Waals surface area contributed by atoms with Gasteiger partial charge in [0.25, 0.3) is 5.56 Å². The first-order valence-electron chi connectivity index (χ1n) is 12.4. The van der Waals surface area contributed by atoms with Crippen LogP contribution in [0, 0.1) is 30.2 Å². The van der Waals surface area contributed by atoms with Crippen molar-refractivity contribution in [2.45, 2.75) is 6.92 Å². The summed E-state index contributed by atoms with van der Waals surface area (Å²) in [6, 6.07) is 14.7. The highest BCUT2D eigenvalue weighted by Crippen LogP contribution is 2.31. The first kappa shape index (κ1) is 27.3. The van der Waals surface area contributed by atoms with E-state index in [1.54, 1.807) is 6.92 Å². The molecule has 0 spiro atoms. The summed E-state index contributed by atoms with van der Waals surface area (Å²) in [5, 5.41) is 8.32. The number of aromatic nitrogens is 3. The van der Waals surface area contributed by atoms with E-state index in [1.165, 1.54) is 48.5 Å². The van der Waals surface area contributed by atoms with Gasteiger partial charge in [0.15, 0.2) is 5.65 Å². The van der Waals surface area contributed by atoms with Crippen LogP contribution >= 0.6 is 0 Å². The molecule has 2 aromatic heterocycles. The minimum absolute atomic E-state index is 0.0142. The average Bonchev–Trinajstić information content (AvgIpc) is 2.92. The molecular formula is C29H22F4N6O2. The fraction of sp³-hybridized carbons (Fsp3) is 0.103. The Morgan fingerprint density at radius 1 is 0.854 bits per heavy atom. The Labute approximate surface area is 230 Å². The van der Waals surface area contributed by atoms with Gasteiger partial charge in [-0.3, -0.25) is 9.36 Å². The Bertz CT molecular complexity index is 1820. The Balaban J connectivity index is 1.50. The summed E-state index contributed by atoms with van der Waals surface area (Å²) in [5.41, 5.74) is 0.168. The van der Waals surface area contributed by atoms with Gasteiger partial charge in [0.2, 0.25) is 5.95 Å². The molecule has 5 rings (SSSR count). The summed E-state index contributed by atoms with van der Waals surface area (Å²) in [5.74, 6) is -2.92. The van der Waals surface area contributed by atoms with E-state index in [9.17, 15) is 27.2 Å². The number of nitrogens with zero attached hydrogens (tertiary/aromatic N) is 3. The van der Waals surface area contributed by atoms with Crippen LogP contribution in [-0.2, 0) is 0 Å². The number of fused-ring (bicyclic) bond motifs is 1. The SMILES string of the molecule is Cc1cc(F)ccc1-c1nc(NCCNC(=O)Nc2cccc(F)c2)nc2c1ccc(=O)n2-c1c(F)cccc1F. The number of nitrogens with one attached hydrogen (secondary N) is 3. The van der Waals surface area contributed by atoms with Crippen LogP contribution in [0.25, 0.3) is 28.0 Å². The first-order chi connectivity index (χ1) is 19.7. The topological polar surface area (TPSA) is 101 Å². The van der Waals surface area contributed by atoms with Gasteiger partial charge in [0.1, 0.15) is 29.0 Å². The minimum atomic E-state index is -0.972. The highest BCUT2D eigenvalue weighted by atomic mass is 19.1. The van der Waals surface area contributed by atoms with Crippen molar-refractivity contribution in [2.75, 3.05) is 23.7 Å². The van der Waals surface area contributed by atoms with Crippen LogP contribution in [0.1, 0.15) is 5.56 Å². The van der Waals surface area contributed by atoms with Crippen molar-refractivity contribution in [3.8, 4) is 16.9 Å². The molecule has 8 nitrogen and oxygen atoms in total. The van der Waals surface area contributed by atoms with Crippen LogP contribution in [-0.4, -0.2) is 33.7 Å². The highest BCUT2D eigenvalue weighted by Gasteiger charge is 2.20. The predicted molar refractivity (Wildman–Crippen MR) is 147 cm³/mol. The Morgan fingerprint density at radius 3 is 2.32 bits per heavy atom. The lowest BCUT2D eigenvalue weighted by atomic mass is 10.0. The van der Waals surface area contributed by atoms with Crippen molar-refractivity contribution in [1.29, 1.82) is 0 Å². The lowest BCUT2D eigenvalue weighted by Gasteiger charge is -2.16. The molecule has 0 fully saturated rings. The number of amides is 2. The summed E-state index contributed by atoms with van der Waals surface area (Å²) in [4.78, 5) is 34.0. The van der Waals surface area contributed by atoms with E-state index in [0.717, 1.165) is 28.8 Å². The van der Waals surface area contributed by atoms with E-state index in [-0.39, 0.29) is 36.1 Å². The molecule has 0 bridgehead atoms. The van der Waals surface area contributed by atoms with Crippen molar-refractivity contribution < 1.29 is 22.4 Å². The fourth-order valence-electron chi connectivity index (χ4n) is 4.30. The molecule has 0 aliphatic carbocycles. The smallest absolute Gasteiger partial charge is 0.319 e. The van der Waals surface area contributed by atoms with Gasteiger partial charge in [-0.15, -0.1) is 0 Å². The summed E-state index contributed by atoms with van der Waals surface area (Å²) in [6.07, 6.45) is 0. The van der Waals surface area contributed by atoms with E-state index in [2.05, 4.69) is 25.9 Å². The van der Waals surface area contributed by atoms with Crippen LogP contribution in [0.3, 0.4) is 0 Å². The van der Waals surface area contributed by atoms with Gasteiger partial charge in [0, 0.05) is 35.8 Å². The molecule has 3 aromatic carbocycles. The molecule has 2 amide bonds. The Hall–Kier alpha value is -5.26. The quantitative estimate of drug-likeness (QED) is 0.179. The van der Waals surface area contributed by atoms with Crippen molar-refractivity contribution in [2.24, 2.45) is 0 Å². The van der Waals surface area contributed by atoms with Gasteiger partial charge in [-0.25, -0.2) is 27.3 Å². The number of halogens is 4. The van der Waals surface area contributed by atoms with Gasteiger partial charge < -0.3 is 16.0 Å². The molecule has 2 heterocycles. The van der Waals surface area contributed by atoms with Crippen molar-refractivity contribution in [3.05, 3.63) is 112 Å². The number of hydrogen-bond donors (Lipinski definition) is 3. The number of benzene rings is 3. The second-order valence-electron chi connectivity index (χ2n) is 8.99. The molecule has 3 N–H and O–H groups in total. The molecule has 0 radical (unpaired) electrons. The van der Waals surface area contributed by atoms with Gasteiger partial charge in [0.05, 0.1) is 5.69 Å². The molecule has 208 valence electrons. The third-order valence-corrected chi connectivity index (χ3v) is 6.13. The summed E-state index contributed by atoms with van der Waals surface area (Å²) >= 11 is 0. The van der Waals surface area contributed by atoms with Gasteiger partial charge >= 0.3 is 6.03 Å². The van der Waals surface area contributed by atoms with E-state index < -0.39 is 40.5 Å². The summed E-state index contributed by atoms with van der Waals surface area (Å²) in [6.45, 7) is 1.86. The lowest BCUT2D eigenvalue weighted by molar-refractivity contribution is 0.252. The molecule has 5 aromatic rings. The number of pyridine rings is 1. The molecule has 12 heteroatoms. The molecule has 0 aliphatic rings. The zero-order chi connectivity index (χ0) is 29.1. The maximum Gasteiger partial charge on any atom is 0.319 e. The molecule has 0 saturated carbocycles. The van der Waals surface area contributed by atoms with Crippen molar-refractivity contribution in [3.63, 3.8) is 0 Å². The standard InChI is InChI=1S/C29H22F4N6O2/c1-16-14-18(31)8-9-20(16)25-21-10-11-24(40)39(26-22(32)6-3-7-23(26)33)27(21)38-28(37-25)34-12-13-35-29(41)36-19-5-2-4-17(30)15-19/h2-11,14-15H,12-13H2,1H3,(H,34,37,38)(H2,35,36,41). The molecule has 0 atom stereocenters. The molecule has 0 aliphatic heterocycles. The molecular weight excluding hydrogens is 540 g/mol. The minimum Gasteiger partial charge on any atom is -0.352 e. The van der Waals surface area contributed by atoms with Gasteiger partial charge in [-0.1, -0.05) is 12.1 Å². The second-order valence-corrected chi connectivity index (χ2v) is 8.99. The number of carbonyl (C=O) groups excluding carboxylic acids is 1. The Kier molecular flexibility index (Phi) is 7.64. The average molecular weight is 563 g/mol. The van der Waals surface area contributed by atoms with Gasteiger partial charge in [-0.2, -0.15) is 4.98 Å². The monoisotopic (exact) mass is 562 g/mol. The first-order valence-corrected chi connectivity index (χ1v) is 12.4. The highest BCUT2D eigenvalue weighted by molar-refractivity contribution is 5.93. The van der Waals surface area contributed by atoms with Crippen LogP contribution < -0.4 is 21.5 Å². The number of rotatable bonds is 7. The predicted octanol–water partition coefficient (Wildman–Crippen LogP) is 5.55. The number of hydrogen-bond acceptors (Lipinski definition) is 5. The maximum absolute atomic E-state index is 14.8. The number of aryl methyl sites for hydroxylation is 1. The largest absolute Gasteiger partial charge is 0.352 e. The van der Waals surface area contributed by atoms with E-state index in [1.807, 2.05) is 0 Å². The fourth-order valence-corrected chi connectivity index (χ4v) is 4.30. The number of carbonyl (C=O) groups is 1. The van der Waals surface area contributed by atoms with Crippen molar-refractivity contribution in [1.82, 2.24) is 19.9 Å². The molecule has 41 heavy (non-hydrogen) atoms. The van der Waals surface area contributed by atoms with E-state index >= 15 is 0 Å². The number of urea groups is 1. The van der Waals surface area contributed by atoms with Crippen LogP contribution in [0.15, 0.2) is 77.6 Å².